The van der Waals surface area contributed by atoms with Gasteiger partial charge in [-0.05, 0) is 68.0 Å². The van der Waals surface area contributed by atoms with Crippen molar-refractivity contribution in [2.45, 2.75) is 52.0 Å². The predicted octanol–water partition coefficient (Wildman–Crippen LogP) is 5.36. The van der Waals surface area contributed by atoms with E-state index in [1.807, 2.05) is 41.8 Å². The van der Waals surface area contributed by atoms with Crippen LogP contribution in [-0.4, -0.2) is 33.1 Å². The number of rotatable bonds is 10. The summed E-state index contributed by atoms with van der Waals surface area (Å²) in [6.07, 6.45) is 3.37. The zero-order valence-electron chi connectivity index (χ0n) is 20.1. The minimum atomic E-state index is -0.780. The summed E-state index contributed by atoms with van der Waals surface area (Å²) in [6.45, 7) is 6.37. The molecule has 35 heavy (non-hydrogen) atoms. The number of aromatic nitrogens is 2. The van der Waals surface area contributed by atoms with Gasteiger partial charge in [-0.2, -0.15) is 4.39 Å². The SMILES string of the molecule is CC[C@H](C)n1c(CCOc2ccnc(F)c2)ccc1C(=O)Nc1cc([C@@H]2C[C@H]2C(=O)O)ccc1C. The number of halogens is 1. The Bertz CT molecular complexity index is 1240. The number of carbonyl (C=O) groups excluding carboxylic acids is 1. The number of aliphatic carboxylic acids is 1. The lowest BCUT2D eigenvalue weighted by atomic mass is 10.0. The first-order valence-electron chi connectivity index (χ1n) is 11.9. The molecule has 1 saturated carbocycles. The first-order chi connectivity index (χ1) is 16.8. The normalized spacial score (nSPS) is 17.6. The fourth-order valence-corrected chi connectivity index (χ4v) is 4.36. The molecule has 7 nitrogen and oxygen atoms in total. The fourth-order valence-electron chi connectivity index (χ4n) is 4.36. The lowest BCUT2D eigenvalue weighted by molar-refractivity contribution is -0.138. The van der Waals surface area contributed by atoms with Gasteiger partial charge in [0.1, 0.15) is 11.4 Å². The zero-order chi connectivity index (χ0) is 25.1. The smallest absolute Gasteiger partial charge is 0.307 e. The maximum absolute atomic E-state index is 13.3. The van der Waals surface area contributed by atoms with Gasteiger partial charge < -0.3 is 19.7 Å². The van der Waals surface area contributed by atoms with Crippen molar-refractivity contribution in [2.75, 3.05) is 11.9 Å². The van der Waals surface area contributed by atoms with Crippen molar-refractivity contribution in [3.05, 3.63) is 77.1 Å². The zero-order valence-corrected chi connectivity index (χ0v) is 20.1. The largest absolute Gasteiger partial charge is 0.493 e. The molecule has 1 aliphatic rings. The molecule has 2 N–H and O–H groups in total. The Labute approximate surface area is 204 Å². The summed E-state index contributed by atoms with van der Waals surface area (Å²) in [5, 5.41) is 12.3. The van der Waals surface area contributed by atoms with Crippen LogP contribution in [0.1, 0.15) is 66.0 Å². The van der Waals surface area contributed by atoms with E-state index >= 15 is 0 Å². The van der Waals surface area contributed by atoms with E-state index in [1.54, 1.807) is 6.07 Å². The van der Waals surface area contributed by atoms with Crippen LogP contribution in [0.2, 0.25) is 0 Å². The van der Waals surface area contributed by atoms with E-state index in [2.05, 4.69) is 24.1 Å². The lowest BCUT2D eigenvalue weighted by Crippen LogP contribution is -2.21. The van der Waals surface area contributed by atoms with Gasteiger partial charge in [-0.25, -0.2) is 4.98 Å². The predicted molar refractivity (Wildman–Crippen MR) is 130 cm³/mol. The highest BCUT2D eigenvalue weighted by atomic mass is 19.1. The van der Waals surface area contributed by atoms with E-state index in [-0.39, 0.29) is 23.8 Å². The van der Waals surface area contributed by atoms with Crippen LogP contribution in [0.25, 0.3) is 0 Å². The van der Waals surface area contributed by atoms with E-state index in [0.717, 1.165) is 23.2 Å². The Hall–Kier alpha value is -3.68. The first-order valence-corrected chi connectivity index (χ1v) is 11.9. The Kier molecular flexibility index (Phi) is 7.19. The van der Waals surface area contributed by atoms with Gasteiger partial charge in [0.05, 0.1) is 12.5 Å². The van der Waals surface area contributed by atoms with Crippen molar-refractivity contribution in [2.24, 2.45) is 5.92 Å². The molecule has 2 aromatic heterocycles. The van der Waals surface area contributed by atoms with Gasteiger partial charge in [0.25, 0.3) is 5.91 Å². The van der Waals surface area contributed by atoms with Crippen LogP contribution >= 0.6 is 0 Å². The summed E-state index contributed by atoms with van der Waals surface area (Å²) in [6, 6.07) is 12.4. The quantitative estimate of drug-likeness (QED) is 0.382. The van der Waals surface area contributed by atoms with Gasteiger partial charge >= 0.3 is 5.97 Å². The van der Waals surface area contributed by atoms with Crippen molar-refractivity contribution < 1.29 is 23.8 Å². The number of amides is 1. The third-order valence-electron chi connectivity index (χ3n) is 6.64. The molecule has 4 rings (SSSR count). The minimum absolute atomic E-state index is 0.00630. The standard InChI is InChI=1S/C27H30FN3O4/c1-4-17(3)31-19(10-12-35-20-9-11-29-25(28)14-20)7-8-24(31)26(32)30-23-13-18(6-5-16(23)2)21-15-22(21)27(33)34/h5-9,11,13-14,17,21-22H,4,10,12,15H2,1-3H3,(H,30,32)(H,33,34)/t17-,21-,22+/m0/s1. The molecule has 1 fully saturated rings. The molecule has 8 heteroatoms. The van der Waals surface area contributed by atoms with Crippen molar-refractivity contribution in [3.8, 4) is 5.75 Å². The van der Waals surface area contributed by atoms with Crippen LogP contribution in [0.3, 0.4) is 0 Å². The molecule has 0 bridgehead atoms. The average Bonchev–Trinajstić information content (AvgIpc) is 3.53. The molecule has 0 saturated heterocycles. The molecular weight excluding hydrogens is 449 g/mol. The van der Waals surface area contributed by atoms with E-state index in [4.69, 9.17) is 4.74 Å². The van der Waals surface area contributed by atoms with Crippen molar-refractivity contribution in [1.29, 1.82) is 0 Å². The van der Waals surface area contributed by atoms with Gasteiger partial charge in [0, 0.05) is 36.1 Å². The number of carboxylic acid groups (broad SMARTS) is 1. The van der Waals surface area contributed by atoms with E-state index in [0.29, 0.717) is 36.6 Å². The minimum Gasteiger partial charge on any atom is -0.493 e. The fraction of sp³-hybridized carbons (Fsp3) is 0.370. The molecule has 0 spiro atoms. The van der Waals surface area contributed by atoms with E-state index < -0.39 is 11.9 Å². The summed E-state index contributed by atoms with van der Waals surface area (Å²) in [5.41, 5.74) is 4.02. The van der Waals surface area contributed by atoms with Crippen molar-refractivity contribution >= 4 is 17.6 Å². The van der Waals surface area contributed by atoms with E-state index in [1.165, 1.54) is 12.3 Å². The maximum atomic E-state index is 13.3. The third kappa shape index (κ3) is 5.53. The Morgan fingerprint density at radius 2 is 2.06 bits per heavy atom. The molecule has 1 aliphatic carbocycles. The number of nitrogens with one attached hydrogen (secondary N) is 1. The van der Waals surface area contributed by atoms with Crippen molar-refractivity contribution in [3.63, 3.8) is 0 Å². The summed E-state index contributed by atoms with van der Waals surface area (Å²) in [7, 11) is 0. The van der Waals surface area contributed by atoms with Crippen molar-refractivity contribution in [1.82, 2.24) is 9.55 Å². The second-order valence-electron chi connectivity index (χ2n) is 9.07. The number of nitrogens with zero attached hydrogens (tertiary/aromatic N) is 2. The number of anilines is 1. The lowest BCUT2D eigenvalue weighted by Gasteiger charge is -2.20. The average molecular weight is 480 g/mol. The summed E-state index contributed by atoms with van der Waals surface area (Å²) in [5.74, 6) is -1.54. The second-order valence-corrected chi connectivity index (χ2v) is 9.07. The van der Waals surface area contributed by atoms with Gasteiger partial charge in [0.15, 0.2) is 0 Å². The highest BCUT2D eigenvalue weighted by Crippen LogP contribution is 2.48. The number of carbonyl (C=O) groups is 2. The molecule has 0 radical (unpaired) electrons. The molecule has 2 heterocycles. The Morgan fingerprint density at radius 1 is 1.26 bits per heavy atom. The van der Waals surface area contributed by atoms with Crippen LogP contribution in [-0.2, 0) is 11.2 Å². The molecule has 1 aromatic carbocycles. The van der Waals surface area contributed by atoms with Gasteiger partial charge in [-0.15, -0.1) is 0 Å². The molecule has 3 aromatic rings. The number of hydrogen-bond donors (Lipinski definition) is 2. The molecule has 0 unspecified atom stereocenters. The van der Waals surface area contributed by atoms with Crippen LogP contribution in [0, 0.1) is 18.8 Å². The number of carboxylic acids is 1. The van der Waals surface area contributed by atoms with Crippen LogP contribution in [0.5, 0.6) is 5.75 Å². The number of aryl methyl sites for hydroxylation is 1. The monoisotopic (exact) mass is 479 g/mol. The van der Waals surface area contributed by atoms with Gasteiger partial charge in [-0.1, -0.05) is 19.1 Å². The molecular formula is C27H30FN3O4. The molecule has 3 atom stereocenters. The number of benzene rings is 1. The second kappa shape index (κ2) is 10.3. The van der Waals surface area contributed by atoms with Crippen LogP contribution in [0.4, 0.5) is 10.1 Å². The van der Waals surface area contributed by atoms with Crippen LogP contribution < -0.4 is 10.1 Å². The van der Waals surface area contributed by atoms with Crippen LogP contribution in [0.15, 0.2) is 48.7 Å². The Balaban J connectivity index is 1.49. The maximum Gasteiger partial charge on any atom is 0.307 e. The van der Waals surface area contributed by atoms with Gasteiger partial charge in [0.2, 0.25) is 5.95 Å². The topological polar surface area (TPSA) is 93.5 Å². The molecule has 0 aliphatic heterocycles. The number of pyridine rings is 1. The highest BCUT2D eigenvalue weighted by Gasteiger charge is 2.44. The summed E-state index contributed by atoms with van der Waals surface area (Å²) in [4.78, 5) is 28.1. The highest BCUT2D eigenvalue weighted by molar-refractivity contribution is 6.03. The number of ether oxygens (including phenoxy) is 1. The third-order valence-corrected chi connectivity index (χ3v) is 6.64. The van der Waals surface area contributed by atoms with E-state index in [9.17, 15) is 19.1 Å². The summed E-state index contributed by atoms with van der Waals surface area (Å²) >= 11 is 0. The number of hydrogen-bond acceptors (Lipinski definition) is 4. The van der Waals surface area contributed by atoms with Gasteiger partial charge in [-0.3, -0.25) is 9.59 Å². The Morgan fingerprint density at radius 3 is 2.74 bits per heavy atom. The summed E-state index contributed by atoms with van der Waals surface area (Å²) < 4.78 is 21.0. The first kappa shape index (κ1) is 24.4. The molecule has 184 valence electrons. The molecule has 1 amide bonds.